The summed E-state index contributed by atoms with van der Waals surface area (Å²) in [6.07, 6.45) is 7.27. The van der Waals surface area contributed by atoms with Crippen LogP contribution in [0.1, 0.15) is 71.6 Å². The van der Waals surface area contributed by atoms with Gasteiger partial charge in [0.05, 0.1) is 18.6 Å². The summed E-state index contributed by atoms with van der Waals surface area (Å²) in [5.74, 6) is -1.05. The summed E-state index contributed by atoms with van der Waals surface area (Å²) in [5.41, 5.74) is -1.42. The third-order valence-electron chi connectivity index (χ3n) is 10.0. The Morgan fingerprint density at radius 3 is 2.57 bits per heavy atom. The molecular formula is C24H32O6. The first-order valence-electron chi connectivity index (χ1n) is 11.4. The minimum Gasteiger partial charge on any atom is -0.469 e. The number of hydrogen-bond donors (Lipinski definition) is 1. The lowest BCUT2D eigenvalue weighted by molar-refractivity contribution is -0.229. The average molecular weight is 417 g/mol. The maximum Gasteiger partial charge on any atom is 0.309 e. The molecule has 164 valence electrons. The number of ether oxygens (including phenoxy) is 2. The van der Waals surface area contributed by atoms with Crippen LogP contribution in [0.3, 0.4) is 0 Å². The van der Waals surface area contributed by atoms with Crippen molar-refractivity contribution in [3.05, 3.63) is 11.6 Å². The number of carbonyl (C=O) groups excluding carboxylic acids is 3. The van der Waals surface area contributed by atoms with E-state index in [1.165, 1.54) is 7.11 Å². The van der Waals surface area contributed by atoms with Crippen molar-refractivity contribution < 1.29 is 29.0 Å². The second kappa shape index (κ2) is 6.18. The van der Waals surface area contributed by atoms with Gasteiger partial charge in [-0.2, -0.15) is 0 Å². The molecule has 0 aromatic rings. The van der Waals surface area contributed by atoms with Crippen LogP contribution in [-0.2, 0) is 23.9 Å². The van der Waals surface area contributed by atoms with E-state index in [9.17, 15) is 19.5 Å². The fourth-order valence-electron chi connectivity index (χ4n) is 8.21. The predicted octanol–water partition coefficient (Wildman–Crippen LogP) is 3.11. The number of ketones is 1. The molecule has 7 atom stereocenters. The molecule has 1 N–H and O–H groups in total. The molecule has 1 spiro atoms. The van der Waals surface area contributed by atoms with Crippen molar-refractivity contribution >= 4 is 17.7 Å². The van der Waals surface area contributed by atoms with Crippen LogP contribution in [0.15, 0.2) is 11.6 Å². The zero-order valence-electron chi connectivity index (χ0n) is 18.2. The van der Waals surface area contributed by atoms with Gasteiger partial charge >= 0.3 is 11.9 Å². The largest absolute Gasteiger partial charge is 0.469 e. The molecule has 6 nitrogen and oxygen atoms in total. The molecule has 0 bridgehead atoms. The average Bonchev–Trinajstić information content (AvgIpc) is 3.23. The van der Waals surface area contributed by atoms with Gasteiger partial charge in [-0.15, -0.1) is 0 Å². The zero-order chi connectivity index (χ0) is 21.5. The van der Waals surface area contributed by atoms with Crippen molar-refractivity contribution in [2.75, 3.05) is 7.11 Å². The maximum atomic E-state index is 13.0. The van der Waals surface area contributed by atoms with Crippen LogP contribution in [0.25, 0.3) is 0 Å². The van der Waals surface area contributed by atoms with Crippen LogP contribution < -0.4 is 0 Å². The van der Waals surface area contributed by atoms with Crippen molar-refractivity contribution in [2.45, 2.75) is 82.8 Å². The minimum absolute atomic E-state index is 0.0715. The Bertz CT molecular complexity index is 862. The van der Waals surface area contributed by atoms with Gasteiger partial charge in [0.15, 0.2) is 5.78 Å². The number of hydrogen-bond acceptors (Lipinski definition) is 6. The van der Waals surface area contributed by atoms with E-state index < -0.39 is 22.5 Å². The van der Waals surface area contributed by atoms with Gasteiger partial charge in [0.2, 0.25) is 0 Å². The van der Waals surface area contributed by atoms with E-state index in [2.05, 4.69) is 13.8 Å². The third-order valence-corrected chi connectivity index (χ3v) is 10.0. The van der Waals surface area contributed by atoms with Gasteiger partial charge in [0, 0.05) is 29.6 Å². The second-order valence-corrected chi connectivity index (χ2v) is 10.8. The van der Waals surface area contributed by atoms with Crippen LogP contribution in [0, 0.1) is 28.6 Å². The third kappa shape index (κ3) is 2.26. The predicted molar refractivity (Wildman–Crippen MR) is 107 cm³/mol. The van der Waals surface area contributed by atoms with Gasteiger partial charge in [-0.05, 0) is 56.9 Å². The lowest BCUT2D eigenvalue weighted by Crippen LogP contribution is -2.67. The highest BCUT2D eigenvalue weighted by Gasteiger charge is 2.73. The van der Waals surface area contributed by atoms with E-state index in [0.717, 1.165) is 31.3 Å². The maximum absolute atomic E-state index is 13.0. The fraction of sp³-hybridized carbons (Fsp3) is 0.792. The van der Waals surface area contributed by atoms with Crippen molar-refractivity contribution in [3.63, 3.8) is 0 Å². The van der Waals surface area contributed by atoms with Crippen molar-refractivity contribution in [3.8, 4) is 0 Å². The molecule has 4 aliphatic carbocycles. The van der Waals surface area contributed by atoms with Crippen molar-refractivity contribution in [1.82, 2.24) is 0 Å². The smallest absolute Gasteiger partial charge is 0.309 e. The summed E-state index contributed by atoms with van der Waals surface area (Å²) in [6.45, 7) is 4.28. The van der Waals surface area contributed by atoms with Crippen molar-refractivity contribution in [1.29, 1.82) is 0 Å². The number of rotatable bonds is 1. The number of fused-ring (bicyclic) bond motifs is 6. The first-order valence-corrected chi connectivity index (χ1v) is 11.4. The van der Waals surface area contributed by atoms with Crippen LogP contribution in [-0.4, -0.2) is 41.1 Å². The Kier molecular flexibility index (Phi) is 4.17. The van der Waals surface area contributed by atoms with Crippen LogP contribution in [0.2, 0.25) is 0 Å². The lowest BCUT2D eigenvalue weighted by Gasteiger charge is -2.64. The molecule has 1 saturated heterocycles. The van der Waals surface area contributed by atoms with E-state index >= 15 is 0 Å². The van der Waals surface area contributed by atoms with Crippen LogP contribution in [0.5, 0.6) is 0 Å². The molecule has 0 radical (unpaired) electrons. The molecule has 4 fully saturated rings. The quantitative estimate of drug-likeness (QED) is 0.661. The first kappa shape index (κ1) is 20.2. The second-order valence-electron chi connectivity index (χ2n) is 10.8. The van der Waals surface area contributed by atoms with Crippen LogP contribution >= 0.6 is 0 Å². The van der Waals surface area contributed by atoms with E-state index in [-0.39, 0.29) is 35.0 Å². The summed E-state index contributed by atoms with van der Waals surface area (Å²) >= 11 is 0. The number of aliphatic hydroxyl groups is 1. The lowest BCUT2D eigenvalue weighted by atomic mass is 9.42. The highest BCUT2D eigenvalue weighted by atomic mass is 16.6. The van der Waals surface area contributed by atoms with E-state index in [0.29, 0.717) is 32.1 Å². The van der Waals surface area contributed by atoms with Crippen molar-refractivity contribution in [2.24, 2.45) is 28.6 Å². The zero-order valence-corrected chi connectivity index (χ0v) is 18.2. The summed E-state index contributed by atoms with van der Waals surface area (Å²) in [7, 11) is 1.40. The minimum atomic E-state index is -1.07. The first-order chi connectivity index (χ1) is 14.1. The topological polar surface area (TPSA) is 89.9 Å². The molecule has 6 heteroatoms. The summed E-state index contributed by atoms with van der Waals surface area (Å²) in [4.78, 5) is 37.2. The molecule has 0 amide bonds. The Labute approximate surface area is 177 Å². The summed E-state index contributed by atoms with van der Waals surface area (Å²) in [6, 6.07) is 0. The standard InChI is InChI=1S/C24H32O6/c1-21-7-4-15(25)12-14(21)13-16(20(27)29-3)19-17-5-8-23(9-6-18(26)30-23)22(17,2)10-11-24(19,21)28/h12,16-17,19,28H,4-11,13H2,1-3H3/t16-,17+,19?,21?,22?,23?,24-/m1/s1. The van der Waals surface area contributed by atoms with E-state index in [1.807, 2.05) is 0 Å². The summed E-state index contributed by atoms with van der Waals surface area (Å²) in [5, 5.41) is 12.3. The highest BCUT2D eigenvalue weighted by Crippen LogP contribution is 2.71. The molecule has 5 rings (SSSR count). The Morgan fingerprint density at radius 1 is 1.13 bits per heavy atom. The summed E-state index contributed by atoms with van der Waals surface area (Å²) < 4.78 is 11.2. The van der Waals surface area contributed by atoms with Gasteiger partial charge in [0.25, 0.3) is 0 Å². The SMILES string of the molecule is COC(=O)[C@@H]1CC2=CC(=O)CCC2(C)[C@@]2(O)CCC3(C)[C@@H](CCC34CCC(=O)O4)C12. The van der Waals surface area contributed by atoms with Gasteiger partial charge in [-0.1, -0.05) is 19.4 Å². The number of methoxy groups -OCH3 is 1. The highest BCUT2D eigenvalue weighted by molar-refractivity contribution is 5.92. The number of carbonyl (C=O) groups is 3. The van der Waals surface area contributed by atoms with E-state index in [4.69, 9.17) is 9.47 Å². The van der Waals surface area contributed by atoms with Gasteiger partial charge in [0.1, 0.15) is 5.60 Å². The number of esters is 2. The molecule has 1 heterocycles. The van der Waals surface area contributed by atoms with Crippen LogP contribution in [0.4, 0.5) is 0 Å². The molecule has 30 heavy (non-hydrogen) atoms. The molecule has 0 aromatic carbocycles. The molecule has 1 aliphatic heterocycles. The Morgan fingerprint density at radius 2 is 1.90 bits per heavy atom. The molecule has 0 aromatic heterocycles. The Hall–Kier alpha value is -1.69. The fourth-order valence-corrected chi connectivity index (χ4v) is 8.21. The molecule has 5 aliphatic rings. The monoisotopic (exact) mass is 416 g/mol. The van der Waals surface area contributed by atoms with Gasteiger partial charge < -0.3 is 14.6 Å². The molecular weight excluding hydrogens is 384 g/mol. The molecule has 4 unspecified atom stereocenters. The normalized spacial score (nSPS) is 49.7. The van der Waals surface area contributed by atoms with Gasteiger partial charge in [-0.25, -0.2) is 0 Å². The van der Waals surface area contributed by atoms with E-state index in [1.54, 1.807) is 6.08 Å². The van der Waals surface area contributed by atoms with Gasteiger partial charge in [-0.3, -0.25) is 14.4 Å². The molecule has 3 saturated carbocycles. The Balaban J connectivity index is 1.63.